The monoisotopic (exact) mass is 275 g/mol. The fourth-order valence-electron chi connectivity index (χ4n) is 2.61. The quantitative estimate of drug-likeness (QED) is 0.650. The second-order valence-corrected chi connectivity index (χ2v) is 5.66. The van der Waals surface area contributed by atoms with Crippen LogP contribution in [-0.2, 0) is 13.0 Å². The zero-order valence-corrected chi connectivity index (χ0v) is 12.3. The van der Waals surface area contributed by atoms with Gasteiger partial charge in [0.05, 0.1) is 6.61 Å². The number of aliphatic imine (C=N–C) groups is 1. The first-order valence-electron chi connectivity index (χ1n) is 7.42. The number of piperidine rings is 1. The highest BCUT2D eigenvalue weighted by Gasteiger charge is 2.17. The van der Waals surface area contributed by atoms with Gasteiger partial charge >= 0.3 is 0 Å². The third-order valence-electron chi connectivity index (χ3n) is 3.86. The standard InChI is InChI=1S/C16H25N3O/c1-13-3-2-10-19(11-13)16(17)18-9-8-14-4-6-15(12-20)7-5-14/h4-7,13,20H,2-3,8-12H2,1H3,(H2,17,18). The number of hydrogen-bond acceptors (Lipinski definition) is 2. The van der Waals surface area contributed by atoms with Crippen molar-refractivity contribution < 1.29 is 5.11 Å². The van der Waals surface area contributed by atoms with Crippen LogP contribution in [0.25, 0.3) is 0 Å². The molecular weight excluding hydrogens is 250 g/mol. The van der Waals surface area contributed by atoms with E-state index in [1.54, 1.807) is 0 Å². The van der Waals surface area contributed by atoms with E-state index < -0.39 is 0 Å². The molecule has 1 saturated heterocycles. The fourth-order valence-corrected chi connectivity index (χ4v) is 2.61. The van der Waals surface area contributed by atoms with E-state index in [0.717, 1.165) is 31.6 Å². The van der Waals surface area contributed by atoms with Crippen molar-refractivity contribution in [2.45, 2.75) is 32.8 Å². The molecule has 0 saturated carbocycles. The number of nitrogens with zero attached hydrogens (tertiary/aromatic N) is 2. The minimum Gasteiger partial charge on any atom is -0.392 e. The normalized spacial score (nSPS) is 20.2. The smallest absolute Gasteiger partial charge is 0.191 e. The molecule has 2 rings (SSSR count). The van der Waals surface area contributed by atoms with E-state index in [0.29, 0.717) is 11.9 Å². The summed E-state index contributed by atoms with van der Waals surface area (Å²) in [6, 6.07) is 7.99. The van der Waals surface area contributed by atoms with Gasteiger partial charge in [-0.3, -0.25) is 4.99 Å². The predicted molar refractivity (Wildman–Crippen MR) is 82.5 cm³/mol. The van der Waals surface area contributed by atoms with Crippen molar-refractivity contribution in [2.24, 2.45) is 16.6 Å². The number of nitrogens with two attached hydrogens (primary N) is 1. The number of benzene rings is 1. The highest BCUT2D eigenvalue weighted by molar-refractivity contribution is 5.78. The van der Waals surface area contributed by atoms with Crippen molar-refractivity contribution in [2.75, 3.05) is 19.6 Å². The lowest BCUT2D eigenvalue weighted by molar-refractivity contribution is 0.270. The Morgan fingerprint density at radius 3 is 2.70 bits per heavy atom. The first kappa shape index (κ1) is 14.9. The second kappa shape index (κ2) is 7.29. The Morgan fingerprint density at radius 1 is 1.35 bits per heavy atom. The molecule has 4 nitrogen and oxygen atoms in total. The Kier molecular flexibility index (Phi) is 5.41. The van der Waals surface area contributed by atoms with Gasteiger partial charge in [0, 0.05) is 19.6 Å². The largest absolute Gasteiger partial charge is 0.392 e. The summed E-state index contributed by atoms with van der Waals surface area (Å²) in [5.74, 6) is 1.40. The molecule has 0 amide bonds. The van der Waals surface area contributed by atoms with Crippen LogP contribution in [0.15, 0.2) is 29.3 Å². The molecule has 0 aliphatic carbocycles. The summed E-state index contributed by atoms with van der Waals surface area (Å²) in [5, 5.41) is 9.00. The third-order valence-corrected chi connectivity index (χ3v) is 3.86. The lowest BCUT2D eigenvalue weighted by atomic mass is 10.0. The minimum absolute atomic E-state index is 0.0958. The topological polar surface area (TPSA) is 61.8 Å². The maximum absolute atomic E-state index is 9.00. The SMILES string of the molecule is CC1CCCN(C(N)=NCCc2ccc(CO)cc2)C1. The summed E-state index contributed by atoms with van der Waals surface area (Å²) in [4.78, 5) is 6.69. The van der Waals surface area contributed by atoms with Gasteiger partial charge in [-0.05, 0) is 36.3 Å². The second-order valence-electron chi connectivity index (χ2n) is 5.66. The first-order chi connectivity index (χ1) is 9.69. The fraction of sp³-hybridized carbons (Fsp3) is 0.562. The molecule has 0 spiro atoms. The molecule has 1 aliphatic rings. The van der Waals surface area contributed by atoms with Crippen molar-refractivity contribution in [1.29, 1.82) is 0 Å². The summed E-state index contributed by atoms with van der Waals surface area (Å²) < 4.78 is 0. The average molecular weight is 275 g/mol. The molecule has 1 atom stereocenters. The van der Waals surface area contributed by atoms with E-state index in [2.05, 4.69) is 16.8 Å². The molecule has 0 aromatic heterocycles. The van der Waals surface area contributed by atoms with Gasteiger partial charge in [0.1, 0.15) is 0 Å². The molecule has 4 heteroatoms. The molecule has 20 heavy (non-hydrogen) atoms. The Hall–Kier alpha value is -1.55. The van der Waals surface area contributed by atoms with E-state index in [9.17, 15) is 0 Å². The summed E-state index contributed by atoms with van der Waals surface area (Å²) >= 11 is 0. The van der Waals surface area contributed by atoms with Crippen molar-refractivity contribution in [1.82, 2.24) is 4.90 Å². The van der Waals surface area contributed by atoms with Crippen LogP contribution in [-0.4, -0.2) is 35.6 Å². The van der Waals surface area contributed by atoms with Crippen LogP contribution < -0.4 is 5.73 Å². The molecule has 3 N–H and O–H groups in total. The number of rotatable bonds is 4. The van der Waals surface area contributed by atoms with E-state index >= 15 is 0 Å². The minimum atomic E-state index is 0.0958. The van der Waals surface area contributed by atoms with Crippen LogP contribution in [0.5, 0.6) is 0 Å². The van der Waals surface area contributed by atoms with Gasteiger partial charge in [0.15, 0.2) is 5.96 Å². The Labute approximate surface area is 121 Å². The molecule has 1 aliphatic heterocycles. The lowest BCUT2D eigenvalue weighted by Crippen LogP contribution is -2.43. The molecule has 0 bridgehead atoms. The summed E-state index contributed by atoms with van der Waals surface area (Å²) in [7, 11) is 0. The van der Waals surface area contributed by atoms with Gasteiger partial charge < -0.3 is 15.7 Å². The molecule has 1 fully saturated rings. The molecule has 0 radical (unpaired) electrons. The summed E-state index contributed by atoms with van der Waals surface area (Å²) in [6.45, 7) is 5.14. The zero-order chi connectivity index (χ0) is 14.4. The molecule has 1 unspecified atom stereocenters. The summed E-state index contributed by atoms with van der Waals surface area (Å²) in [6.07, 6.45) is 3.39. The van der Waals surface area contributed by atoms with Crippen LogP contribution in [0, 0.1) is 5.92 Å². The van der Waals surface area contributed by atoms with Crippen LogP contribution >= 0.6 is 0 Å². The van der Waals surface area contributed by atoms with E-state index in [-0.39, 0.29) is 6.61 Å². The van der Waals surface area contributed by atoms with Crippen LogP contribution in [0.3, 0.4) is 0 Å². The van der Waals surface area contributed by atoms with Crippen molar-refractivity contribution in [3.05, 3.63) is 35.4 Å². The van der Waals surface area contributed by atoms with Crippen molar-refractivity contribution in [3.63, 3.8) is 0 Å². The van der Waals surface area contributed by atoms with Gasteiger partial charge in [-0.15, -0.1) is 0 Å². The van der Waals surface area contributed by atoms with Gasteiger partial charge in [-0.2, -0.15) is 0 Å². The van der Waals surface area contributed by atoms with Gasteiger partial charge in [0.25, 0.3) is 0 Å². The number of hydrogen-bond donors (Lipinski definition) is 2. The molecule has 110 valence electrons. The van der Waals surface area contributed by atoms with Crippen molar-refractivity contribution >= 4 is 5.96 Å². The summed E-state index contributed by atoms with van der Waals surface area (Å²) in [5.41, 5.74) is 8.23. The molecular formula is C16H25N3O. The van der Waals surface area contributed by atoms with Gasteiger partial charge in [-0.25, -0.2) is 0 Å². The van der Waals surface area contributed by atoms with Crippen LogP contribution in [0.2, 0.25) is 0 Å². The number of aliphatic hydroxyl groups excluding tert-OH is 1. The Balaban J connectivity index is 1.82. The van der Waals surface area contributed by atoms with E-state index in [1.165, 1.54) is 18.4 Å². The van der Waals surface area contributed by atoms with Gasteiger partial charge in [-0.1, -0.05) is 31.2 Å². The van der Waals surface area contributed by atoms with E-state index in [1.807, 2.05) is 24.3 Å². The highest BCUT2D eigenvalue weighted by Crippen LogP contribution is 2.14. The molecule has 1 heterocycles. The van der Waals surface area contributed by atoms with Crippen LogP contribution in [0.1, 0.15) is 30.9 Å². The maximum Gasteiger partial charge on any atom is 0.191 e. The third kappa shape index (κ3) is 4.23. The Bertz CT molecular complexity index is 442. The first-order valence-corrected chi connectivity index (χ1v) is 7.42. The predicted octanol–water partition coefficient (Wildman–Crippen LogP) is 1.77. The van der Waals surface area contributed by atoms with Crippen LogP contribution in [0.4, 0.5) is 0 Å². The number of aliphatic hydroxyl groups is 1. The maximum atomic E-state index is 9.00. The number of guanidine groups is 1. The highest BCUT2D eigenvalue weighted by atomic mass is 16.3. The number of likely N-dealkylation sites (tertiary alicyclic amines) is 1. The average Bonchev–Trinajstić information content (AvgIpc) is 2.48. The Morgan fingerprint density at radius 2 is 2.05 bits per heavy atom. The van der Waals surface area contributed by atoms with E-state index in [4.69, 9.17) is 10.8 Å². The lowest BCUT2D eigenvalue weighted by Gasteiger charge is -2.31. The van der Waals surface area contributed by atoms with Crippen molar-refractivity contribution in [3.8, 4) is 0 Å². The van der Waals surface area contributed by atoms with Gasteiger partial charge in [0.2, 0.25) is 0 Å². The molecule has 1 aromatic carbocycles. The zero-order valence-electron chi connectivity index (χ0n) is 12.3. The molecule has 1 aromatic rings.